The summed E-state index contributed by atoms with van der Waals surface area (Å²) in [5.74, 6) is -0.315. The van der Waals surface area contributed by atoms with E-state index in [0.717, 1.165) is 10.1 Å². The van der Waals surface area contributed by atoms with Gasteiger partial charge >= 0.3 is 5.69 Å². The van der Waals surface area contributed by atoms with Crippen LogP contribution >= 0.6 is 0 Å². The Bertz CT molecular complexity index is 1300. The number of hydrogen-bond donors (Lipinski definition) is 2. The monoisotopic (exact) mass is 371 g/mol. The van der Waals surface area contributed by atoms with Gasteiger partial charge in [0.15, 0.2) is 0 Å². The van der Waals surface area contributed by atoms with E-state index in [9.17, 15) is 14.4 Å². The standard InChI is InChI=1S/C22H17N3O3/c1-14-7-5-6-10-18(14)23-20(26)15-11-12-17-19(13-15)24-22(28)25(21(17)27)16-8-3-2-4-9-16/h2-13H,1H3,(H,23,26)(H,24,28). The number of aromatic amines is 1. The van der Waals surface area contributed by atoms with Crippen LogP contribution in [-0.4, -0.2) is 15.5 Å². The van der Waals surface area contributed by atoms with Crippen LogP contribution in [0.25, 0.3) is 16.6 Å². The van der Waals surface area contributed by atoms with E-state index in [1.165, 1.54) is 6.07 Å². The zero-order valence-electron chi connectivity index (χ0n) is 15.1. The van der Waals surface area contributed by atoms with Crippen LogP contribution < -0.4 is 16.6 Å². The van der Waals surface area contributed by atoms with Gasteiger partial charge in [-0.25, -0.2) is 9.36 Å². The number of amides is 1. The van der Waals surface area contributed by atoms with Crippen LogP contribution in [0.2, 0.25) is 0 Å². The average Bonchev–Trinajstić information content (AvgIpc) is 2.70. The highest BCUT2D eigenvalue weighted by Gasteiger charge is 2.13. The Morgan fingerprint density at radius 2 is 1.64 bits per heavy atom. The number of fused-ring (bicyclic) bond motifs is 1. The number of hydrogen-bond acceptors (Lipinski definition) is 3. The molecule has 1 amide bonds. The van der Waals surface area contributed by atoms with Crippen molar-refractivity contribution in [2.75, 3.05) is 5.32 Å². The molecule has 28 heavy (non-hydrogen) atoms. The van der Waals surface area contributed by atoms with E-state index in [0.29, 0.717) is 27.8 Å². The quantitative estimate of drug-likeness (QED) is 0.580. The lowest BCUT2D eigenvalue weighted by Gasteiger charge is -2.10. The van der Waals surface area contributed by atoms with Gasteiger partial charge in [0, 0.05) is 11.3 Å². The first-order valence-corrected chi connectivity index (χ1v) is 8.76. The SMILES string of the molecule is Cc1ccccc1NC(=O)c1ccc2c(=O)n(-c3ccccc3)c(=O)[nH]c2c1. The van der Waals surface area contributed by atoms with E-state index in [1.807, 2.05) is 37.3 Å². The van der Waals surface area contributed by atoms with Crippen molar-refractivity contribution in [2.45, 2.75) is 6.92 Å². The van der Waals surface area contributed by atoms with Crippen LogP contribution in [0.3, 0.4) is 0 Å². The van der Waals surface area contributed by atoms with Crippen LogP contribution in [0.15, 0.2) is 82.4 Å². The molecular formula is C22H17N3O3. The summed E-state index contributed by atoms with van der Waals surface area (Å²) in [6.45, 7) is 1.90. The number of para-hydroxylation sites is 2. The lowest BCUT2D eigenvalue weighted by Crippen LogP contribution is -2.33. The lowest BCUT2D eigenvalue weighted by atomic mass is 10.1. The maximum absolute atomic E-state index is 12.8. The van der Waals surface area contributed by atoms with Crippen LogP contribution in [0, 0.1) is 6.92 Å². The fourth-order valence-electron chi connectivity index (χ4n) is 3.08. The first kappa shape index (κ1) is 17.5. The van der Waals surface area contributed by atoms with Crippen molar-refractivity contribution in [3.8, 4) is 5.69 Å². The Labute approximate surface area is 160 Å². The number of benzene rings is 3. The van der Waals surface area contributed by atoms with Gasteiger partial charge in [-0.1, -0.05) is 36.4 Å². The van der Waals surface area contributed by atoms with Gasteiger partial charge < -0.3 is 10.3 Å². The van der Waals surface area contributed by atoms with Gasteiger partial charge in [-0.05, 0) is 48.9 Å². The molecule has 0 saturated heterocycles. The van der Waals surface area contributed by atoms with Crippen LogP contribution in [0.5, 0.6) is 0 Å². The number of aryl methyl sites for hydroxylation is 1. The third-order valence-electron chi connectivity index (χ3n) is 4.57. The van der Waals surface area contributed by atoms with Gasteiger partial charge in [-0.2, -0.15) is 0 Å². The number of carbonyl (C=O) groups excluding carboxylic acids is 1. The molecule has 0 fully saturated rings. The van der Waals surface area contributed by atoms with Gasteiger partial charge in [-0.3, -0.25) is 9.59 Å². The van der Waals surface area contributed by atoms with Gasteiger partial charge in [0.2, 0.25) is 0 Å². The topological polar surface area (TPSA) is 84.0 Å². The molecule has 0 unspecified atom stereocenters. The zero-order chi connectivity index (χ0) is 19.7. The smallest absolute Gasteiger partial charge is 0.322 e. The van der Waals surface area contributed by atoms with E-state index >= 15 is 0 Å². The number of nitrogens with zero attached hydrogens (tertiary/aromatic N) is 1. The van der Waals surface area contributed by atoms with E-state index < -0.39 is 11.2 Å². The van der Waals surface area contributed by atoms with E-state index in [4.69, 9.17) is 0 Å². The Kier molecular flexibility index (Phi) is 4.37. The second-order valence-corrected chi connectivity index (χ2v) is 6.44. The van der Waals surface area contributed by atoms with Crippen LogP contribution in [0.4, 0.5) is 5.69 Å². The van der Waals surface area contributed by atoms with Crippen molar-refractivity contribution in [3.63, 3.8) is 0 Å². The number of carbonyl (C=O) groups is 1. The number of anilines is 1. The van der Waals surface area contributed by atoms with Crippen molar-refractivity contribution in [1.29, 1.82) is 0 Å². The molecule has 4 aromatic rings. The molecule has 6 nitrogen and oxygen atoms in total. The minimum absolute atomic E-state index is 0.315. The molecule has 0 saturated carbocycles. The van der Waals surface area contributed by atoms with Crippen molar-refractivity contribution < 1.29 is 4.79 Å². The predicted octanol–water partition coefficient (Wildman–Crippen LogP) is 3.24. The molecule has 0 aliphatic carbocycles. The highest BCUT2D eigenvalue weighted by atomic mass is 16.2. The van der Waals surface area contributed by atoms with E-state index in [1.54, 1.807) is 36.4 Å². The maximum Gasteiger partial charge on any atom is 0.333 e. The Balaban J connectivity index is 1.76. The van der Waals surface area contributed by atoms with Gasteiger partial charge in [0.05, 0.1) is 16.6 Å². The molecule has 0 radical (unpaired) electrons. The fourth-order valence-corrected chi connectivity index (χ4v) is 3.08. The largest absolute Gasteiger partial charge is 0.333 e. The summed E-state index contributed by atoms with van der Waals surface area (Å²) >= 11 is 0. The van der Waals surface area contributed by atoms with Gasteiger partial charge in [-0.15, -0.1) is 0 Å². The molecule has 0 atom stereocenters. The summed E-state index contributed by atoms with van der Waals surface area (Å²) in [6, 6.07) is 20.8. The summed E-state index contributed by atoms with van der Waals surface area (Å²) in [5, 5.41) is 3.17. The molecule has 2 N–H and O–H groups in total. The third kappa shape index (κ3) is 3.12. The molecule has 4 rings (SSSR count). The Hall–Kier alpha value is -3.93. The van der Waals surface area contributed by atoms with Crippen LogP contribution in [-0.2, 0) is 0 Å². The van der Waals surface area contributed by atoms with Crippen molar-refractivity contribution >= 4 is 22.5 Å². The summed E-state index contributed by atoms with van der Waals surface area (Å²) in [6.07, 6.45) is 0. The molecule has 1 heterocycles. The number of H-pyrrole nitrogens is 1. The summed E-state index contributed by atoms with van der Waals surface area (Å²) in [7, 11) is 0. The predicted molar refractivity (Wildman–Crippen MR) is 109 cm³/mol. The molecule has 0 aliphatic heterocycles. The van der Waals surface area contributed by atoms with Crippen molar-refractivity contribution in [3.05, 3.63) is 105 Å². The first-order valence-electron chi connectivity index (χ1n) is 8.76. The minimum Gasteiger partial charge on any atom is -0.322 e. The van der Waals surface area contributed by atoms with Crippen molar-refractivity contribution in [2.24, 2.45) is 0 Å². The Morgan fingerprint density at radius 3 is 2.39 bits per heavy atom. The fraction of sp³-hybridized carbons (Fsp3) is 0.0455. The third-order valence-corrected chi connectivity index (χ3v) is 4.57. The molecule has 0 bridgehead atoms. The molecule has 138 valence electrons. The highest BCUT2D eigenvalue weighted by Crippen LogP contribution is 2.16. The zero-order valence-corrected chi connectivity index (χ0v) is 15.1. The van der Waals surface area contributed by atoms with Gasteiger partial charge in [0.1, 0.15) is 0 Å². The Morgan fingerprint density at radius 1 is 0.929 bits per heavy atom. The van der Waals surface area contributed by atoms with E-state index in [2.05, 4.69) is 10.3 Å². The summed E-state index contributed by atoms with van der Waals surface area (Å²) in [5.41, 5.74) is 1.81. The molecule has 6 heteroatoms. The van der Waals surface area contributed by atoms with E-state index in [-0.39, 0.29) is 5.91 Å². The maximum atomic E-state index is 12.8. The number of rotatable bonds is 3. The second kappa shape index (κ2) is 7.00. The van der Waals surface area contributed by atoms with Crippen molar-refractivity contribution in [1.82, 2.24) is 9.55 Å². The number of aromatic nitrogens is 2. The summed E-state index contributed by atoms with van der Waals surface area (Å²) < 4.78 is 1.08. The second-order valence-electron chi connectivity index (χ2n) is 6.44. The molecule has 0 spiro atoms. The molecule has 1 aromatic heterocycles. The summed E-state index contributed by atoms with van der Waals surface area (Å²) in [4.78, 5) is 40.6. The minimum atomic E-state index is -0.555. The number of nitrogens with one attached hydrogen (secondary N) is 2. The van der Waals surface area contributed by atoms with Crippen LogP contribution in [0.1, 0.15) is 15.9 Å². The lowest BCUT2D eigenvalue weighted by molar-refractivity contribution is 0.102. The molecule has 0 aliphatic rings. The average molecular weight is 371 g/mol. The normalized spacial score (nSPS) is 10.8. The molecule has 3 aromatic carbocycles. The highest BCUT2D eigenvalue weighted by molar-refractivity contribution is 6.06. The molecular weight excluding hydrogens is 354 g/mol. The first-order chi connectivity index (χ1) is 13.5. The van der Waals surface area contributed by atoms with Gasteiger partial charge in [0.25, 0.3) is 11.5 Å².